The third-order valence-electron chi connectivity index (χ3n) is 20.5. The molecule has 0 N–H and O–H groups in total. The Bertz CT molecular complexity index is 4940. The van der Waals surface area contributed by atoms with Crippen molar-refractivity contribution in [3.63, 3.8) is 0 Å². The zero-order valence-electron chi connectivity index (χ0n) is 58.6. The van der Waals surface area contributed by atoms with Gasteiger partial charge in [-0.25, -0.2) is 0 Å². The third kappa shape index (κ3) is 9.83. The zero-order chi connectivity index (χ0) is 66.1. The lowest BCUT2D eigenvalue weighted by atomic mass is 9.86. The second-order valence-electron chi connectivity index (χ2n) is 33.2. The van der Waals surface area contributed by atoms with Crippen molar-refractivity contribution in [2.45, 2.75) is 157 Å². The molecule has 0 aliphatic rings. The van der Waals surface area contributed by atoms with E-state index in [1.807, 2.05) is 0 Å². The van der Waals surface area contributed by atoms with Crippen molar-refractivity contribution in [2.24, 2.45) is 0 Å². The van der Waals surface area contributed by atoms with Crippen molar-refractivity contribution in [2.75, 3.05) is 9.80 Å². The number of hydrogen-bond donors (Lipinski definition) is 0. The van der Waals surface area contributed by atoms with E-state index in [2.05, 4.69) is 362 Å². The van der Waals surface area contributed by atoms with Crippen LogP contribution in [0.4, 0.5) is 34.1 Å². The molecule has 0 radical (unpaired) electrons. The van der Waals surface area contributed by atoms with Gasteiger partial charge >= 0.3 is 0 Å². The summed E-state index contributed by atoms with van der Waals surface area (Å²) in [5.41, 5.74) is 26.9. The van der Waals surface area contributed by atoms with Crippen molar-refractivity contribution in [3.8, 4) is 22.3 Å². The molecule has 4 heterocycles. The molecule has 0 spiro atoms. The van der Waals surface area contributed by atoms with Gasteiger partial charge in [0.05, 0.1) is 33.1 Å². The summed E-state index contributed by atoms with van der Waals surface area (Å²) in [6.45, 7) is 41.5. The van der Waals surface area contributed by atoms with Gasteiger partial charge in [-0.3, -0.25) is 0 Å². The van der Waals surface area contributed by atoms with Gasteiger partial charge < -0.3 is 18.6 Å². The third-order valence-corrected chi connectivity index (χ3v) is 20.5. The van der Waals surface area contributed by atoms with Crippen LogP contribution in [0.2, 0.25) is 0 Å². The molecule has 15 rings (SSSR count). The summed E-state index contributed by atoms with van der Waals surface area (Å²) in [6.07, 6.45) is 0. The fourth-order valence-electron chi connectivity index (χ4n) is 15.1. The lowest BCUT2D eigenvalue weighted by Crippen LogP contribution is -2.14. The summed E-state index contributed by atoms with van der Waals surface area (Å²) in [7, 11) is 0. The molecule has 0 fully saturated rings. The molecule has 0 bridgehead atoms. The topological polar surface area (TPSA) is 15.3 Å². The summed E-state index contributed by atoms with van der Waals surface area (Å²) < 4.78 is 5.32. The van der Waals surface area contributed by atoms with Crippen LogP contribution in [0.3, 0.4) is 0 Å². The van der Waals surface area contributed by atoms with Crippen LogP contribution in [0.1, 0.15) is 158 Å². The summed E-state index contributed by atoms with van der Waals surface area (Å²) >= 11 is 0. The molecule has 470 valence electrons. The minimum Gasteiger partial charge on any atom is -0.311 e. The summed E-state index contributed by atoms with van der Waals surface area (Å²) in [5.74, 6) is 0. The van der Waals surface area contributed by atoms with E-state index in [9.17, 15) is 0 Å². The fourth-order valence-corrected chi connectivity index (χ4v) is 15.1. The molecule has 15 aromatic rings. The van der Waals surface area contributed by atoms with E-state index < -0.39 is 0 Å². The summed E-state index contributed by atoms with van der Waals surface area (Å²) in [6, 6.07) is 84.8. The SMILES string of the molecule is CC(C)(C)c1ccc(N(c2ccc(-c3c4c5cccc6c7cc(C(C)(C)C)ccc7n(c4c(-c4ccc(N(c7ccc(C(C)(C)C)cc7)c7ccc(C(C)(C)C)cc7)cc4)c4c7cccc8c9cc(C(C)(C)C)ccc9n(c34)c87)c65)cc2)c2ccc(C(C)(C)C)cc2)cc1. The van der Waals surface area contributed by atoms with Crippen LogP contribution in [0.15, 0.2) is 218 Å². The molecular formula is C90H90N4. The first-order valence-electron chi connectivity index (χ1n) is 34.1. The van der Waals surface area contributed by atoms with Crippen molar-refractivity contribution in [1.82, 2.24) is 8.80 Å². The number of aromatic nitrogens is 2. The average molecular weight is 1230 g/mol. The van der Waals surface area contributed by atoms with Crippen LogP contribution in [0, 0.1) is 0 Å². The molecule has 94 heavy (non-hydrogen) atoms. The van der Waals surface area contributed by atoms with Crippen LogP contribution in [-0.2, 0) is 32.5 Å². The Morgan fingerprint density at radius 2 is 0.457 bits per heavy atom. The predicted molar refractivity (Wildman–Crippen MR) is 408 cm³/mol. The van der Waals surface area contributed by atoms with Gasteiger partial charge in [-0.05, 0) is 174 Å². The highest BCUT2D eigenvalue weighted by Crippen LogP contribution is 2.55. The molecule has 4 aromatic heterocycles. The van der Waals surface area contributed by atoms with Crippen molar-refractivity contribution >= 4 is 110 Å². The van der Waals surface area contributed by atoms with Gasteiger partial charge in [0.1, 0.15) is 0 Å². The van der Waals surface area contributed by atoms with Gasteiger partial charge in [0.2, 0.25) is 0 Å². The first-order chi connectivity index (χ1) is 44.4. The van der Waals surface area contributed by atoms with Crippen LogP contribution in [0.25, 0.3) is 98.4 Å². The maximum atomic E-state index is 2.66. The molecule has 0 aliphatic heterocycles. The molecule has 0 saturated carbocycles. The largest absolute Gasteiger partial charge is 0.311 e. The standard InChI is InChI=1S/C90H90N4/c1-85(2,3)57-29-43-65(44-30-57)91(66-45-31-58(32-46-66)86(4,5)6)63-39-25-55(26-40-63)77-79-71-23-19-21-69-74-54-62(90(16,17)18)38-52-76(74)94(81(69)71)84(79)78(80-72-24-20-22-70-73-53-61(89(13,14)15)37-51-75(73)93(82(70)72)83(77)80)56-27-41-64(42-28-56)92(67-47-33-59(34-48-67)87(7,8)9)68-49-35-60(36-50-68)88(10,11)12/h19-54H,1-18H3. The highest BCUT2D eigenvalue weighted by molar-refractivity contribution is 6.38. The molecule has 0 unspecified atom stereocenters. The second-order valence-corrected chi connectivity index (χ2v) is 33.2. The van der Waals surface area contributed by atoms with Gasteiger partial charge in [0.15, 0.2) is 0 Å². The van der Waals surface area contributed by atoms with Crippen molar-refractivity contribution in [1.29, 1.82) is 0 Å². The van der Waals surface area contributed by atoms with E-state index in [0.29, 0.717) is 0 Å². The van der Waals surface area contributed by atoms with E-state index in [0.717, 1.165) is 34.1 Å². The Morgan fingerprint density at radius 1 is 0.223 bits per heavy atom. The monoisotopic (exact) mass is 1230 g/mol. The number of benzene rings is 11. The first-order valence-corrected chi connectivity index (χ1v) is 34.1. The Hall–Kier alpha value is -9.38. The Morgan fingerprint density at radius 3 is 0.713 bits per heavy atom. The minimum atomic E-state index is -0.0314. The lowest BCUT2D eigenvalue weighted by molar-refractivity contribution is 0.590. The molecular weight excluding hydrogens is 1140 g/mol. The van der Waals surface area contributed by atoms with Crippen LogP contribution >= 0.6 is 0 Å². The number of anilines is 6. The molecule has 4 nitrogen and oxygen atoms in total. The number of para-hydroxylation sites is 2. The van der Waals surface area contributed by atoms with E-state index >= 15 is 0 Å². The van der Waals surface area contributed by atoms with E-state index in [4.69, 9.17) is 0 Å². The van der Waals surface area contributed by atoms with Gasteiger partial charge in [0.25, 0.3) is 0 Å². The van der Waals surface area contributed by atoms with Crippen LogP contribution in [0.5, 0.6) is 0 Å². The summed E-state index contributed by atoms with van der Waals surface area (Å²) in [4.78, 5) is 4.87. The van der Waals surface area contributed by atoms with Crippen LogP contribution < -0.4 is 9.80 Å². The number of rotatable bonds is 8. The van der Waals surface area contributed by atoms with Gasteiger partial charge in [-0.1, -0.05) is 246 Å². The lowest BCUT2D eigenvalue weighted by Gasteiger charge is -2.28. The Kier molecular flexibility index (Phi) is 13.6. The maximum Gasteiger partial charge on any atom is 0.0634 e. The Labute approximate surface area is 556 Å². The van der Waals surface area contributed by atoms with E-state index in [1.165, 1.54) is 132 Å². The van der Waals surface area contributed by atoms with Crippen molar-refractivity contribution in [3.05, 3.63) is 252 Å². The molecule has 11 aromatic carbocycles. The second kappa shape index (κ2) is 21.1. The van der Waals surface area contributed by atoms with E-state index in [-0.39, 0.29) is 32.5 Å². The number of fused-ring (bicyclic) bond motifs is 12. The highest BCUT2D eigenvalue weighted by Gasteiger charge is 2.33. The Balaban J connectivity index is 1.05. The first kappa shape index (κ1) is 60.8. The van der Waals surface area contributed by atoms with Crippen LogP contribution in [-0.4, -0.2) is 8.80 Å². The quantitative estimate of drug-likeness (QED) is 0.151. The molecule has 0 atom stereocenters. The highest BCUT2D eigenvalue weighted by atomic mass is 15.1. The summed E-state index contributed by atoms with van der Waals surface area (Å²) in [5, 5.41) is 10.1. The smallest absolute Gasteiger partial charge is 0.0634 e. The molecule has 0 saturated heterocycles. The van der Waals surface area contributed by atoms with Gasteiger partial charge in [-0.2, -0.15) is 0 Å². The molecule has 0 aliphatic carbocycles. The zero-order valence-corrected chi connectivity index (χ0v) is 58.6. The average Bonchev–Trinajstić information content (AvgIpc) is 1.49. The normalized spacial score (nSPS) is 13.2. The number of nitrogens with zero attached hydrogens (tertiary/aromatic N) is 4. The maximum absolute atomic E-state index is 2.66. The fraction of sp³-hybridized carbons (Fsp3) is 0.267. The van der Waals surface area contributed by atoms with Gasteiger partial charge in [0, 0.05) is 88.3 Å². The number of hydrogen-bond acceptors (Lipinski definition) is 2. The predicted octanol–water partition coefficient (Wildman–Crippen LogP) is 26.0. The van der Waals surface area contributed by atoms with Gasteiger partial charge in [-0.15, -0.1) is 0 Å². The molecule has 4 heteroatoms. The van der Waals surface area contributed by atoms with Crippen molar-refractivity contribution < 1.29 is 0 Å². The molecule has 0 amide bonds. The minimum absolute atomic E-state index is 0.0247. The van der Waals surface area contributed by atoms with E-state index in [1.54, 1.807) is 0 Å².